The number of hydrogen-bond donors (Lipinski definition) is 3. The Morgan fingerprint density at radius 1 is 1.32 bits per heavy atom. The van der Waals surface area contributed by atoms with Gasteiger partial charge < -0.3 is 15.5 Å². The van der Waals surface area contributed by atoms with Crippen molar-refractivity contribution in [1.82, 2.24) is 5.32 Å². The Balaban J connectivity index is 2.10. The maximum atomic E-state index is 12.0. The van der Waals surface area contributed by atoms with Crippen molar-refractivity contribution in [3.63, 3.8) is 0 Å². The summed E-state index contributed by atoms with van der Waals surface area (Å²) in [6.45, 7) is 1.49. The van der Waals surface area contributed by atoms with Gasteiger partial charge in [0, 0.05) is 0 Å². The van der Waals surface area contributed by atoms with Gasteiger partial charge >= 0.3 is 5.97 Å². The van der Waals surface area contributed by atoms with Crippen LogP contribution in [-0.2, 0) is 9.59 Å². The molecular weight excluding hydrogens is 246 g/mol. The lowest BCUT2D eigenvalue weighted by molar-refractivity contribution is -0.149. The molecule has 3 N–H and O–H groups in total. The number of hydrogen-bond acceptors (Lipinski definition) is 3. The normalized spacial score (nSPS) is 19.3. The van der Waals surface area contributed by atoms with Crippen LogP contribution in [0.4, 0.5) is 0 Å². The fraction of sp³-hybridized carbons (Fsp3) is 0.429. The van der Waals surface area contributed by atoms with Crippen molar-refractivity contribution in [2.75, 3.05) is 0 Å². The van der Waals surface area contributed by atoms with Crippen LogP contribution in [0.15, 0.2) is 30.3 Å². The van der Waals surface area contributed by atoms with Gasteiger partial charge in [-0.3, -0.25) is 4.79 Å². The second-order valence-electron chi connectivity index (χ2n) is 5.08. The summed E-state index contributed by atoms with van der Waals surface area (Å²) in [5.41, 5.74) is -0.851. The zero-order chi connectivity index (χ0) is 14.0. The molecule has 0 bridgehead atoms. The molecule has 5 heteroatoms. The molecule has 0 aromatic heterocycles. The van der Waals surface area contributed by atoms with E-state index in [1.54, 1.807) is 30.3 Å². The number of carboxylic acid groups (broad SMARTS) is 1. The summed E-state index contributed by atoms with van der Waals surface area (Å²) in [4.78, 5) is 23.3. The largest absolute Gasteiger partial charge is 0.480 e. The van der Waals surface area contributed by atoms with Gasteiger partial charge in [0.15, 0.2) is 6.10 Å². The third-order valence-corrected chi connectivity index (χ3v) is 3.58. The topological polar surface area (TPSA) is 86.6 Å². The molecule has 1 aliphatic carbocycles. The molecule has 1 aromatic carbocycles. The summed E-state index contributed by atoms with van der Waals surface area (Å²) in [6.07, 6.45) is 0.216. The molecule has 2 rings (SSSR count). The van der Waals surface area contributed by atoms with Crippen LogP contribution in [0.2, 0.25) is 0 Å². The summed E-state index contributed by atoms with van der Waals surface area (Å²) in [5.74, 6) is -1.80. The van der Waals surface area contributed by atoms with E-state index in [1.807, 2.05) is 0 Å². The average molecular weight is 263 g/mol. The van der Waals surface area contributed by atoms with Crippen molar-refractivity contribution in [1.29, 1.82) is 0 Å². The predicted molar refractivity (Wildman–Crippen MR) is 68.3 cm³/mol. The van der Waals surface area contributed by atoms with Crippen molar-refractivity contribution in [3.8, 4) is 0 Å². The number of aliphatic hydroxyl groups is 1. The number of rotatable bonds is 5. The van der Waals surface area contributed by atoms with Crippen molar-refractivity contribution in [2.24, 2.45) is 5.92 Å². The zero-order valence-electron chi connectivity index (χ0n) is 10.7. The van der Waals surface area contributed by atoms with E-state index in [9.17, 15) is 19.8 Å². The third-order valence-electron chi connectivity index (χ3n) is 3.58. The lowest BCUT2D eigenvalue weighted by atomic mass is 9.95. The number of nitrogens with one attached hydrogen (secondary N) is 1. The van der Waals surface area contributed by atoms with Gasteiger partial charge in [-0.15, -0.1) is 0 Å². The summed E-state index contributed by atoms with van der Waals surface area (Å²) in [5, 5.41) is 21.6. The summed E-state index contributed by atoms with van der Waals surface area (Å²) >= 11 is 0. The Morgan fingerprint density at radius 3 is 2.37 bits per heavy atom. The fourth-order valence-corrected chi connectivity index (χ4v) is 2.10. The molecule has 1 saturated carbocycles. The molecule has 2 atom stereocenters. The molecule has 1 amide bonds. The summed E-state index contributed by atoms with van der Waals surface area (Å²) in [7, 11) is 0. The molecule has 1 aromatic rings. The first kappa shape index (κ1) is 13.5. The first-order chi connectivity index (χ1) is 8.95. The quantitative estimate of drug-likeness (QED) is 0.742. The number of aliphatic hydroxyl groups excluding tert-OH is 1. The number of carbonyl (C=O) groups is 2. The van der Waals surface area contributed by atoms with E-state index in [1.165, 1.54) is 6.92 Å². The van der Waals surface area contributed by atoms with Gasteiger partial charge in [0.25, 0.3) is 5.91 Å². The number of carbonyl (C=O) groups excluding carboxylic acids is 1. The molecule has 5 nitrogen and oxygen atoms in total. The number of amides is 1. The van der Waals surface area contributed by atoms with E-state index >= 15 is 0 Å². The van der Waals surface area contributed by atoms with Gasteiger partial charge in [-0.1, -0.05) is 30.3 Å². The number of carboxylic acids is 1. The smallest absolute Gasteiger partial charge is 0.329 e. The minimum atomic E-state index is -1.35. The van der Waals surface area contributed by atoms with Gasteiger partial charge in [0.1, 0.15) is 5.54 Å². The van der Waals surface area contributed by atoms with E-state index in [4.69, 9.17) is 0 Å². The first-order valence-electron chi connectivity index (χ1n) is 6.23. The Kier molecular flexibility index (Phi) is 3.57. The minimum absolute atomic E-state index is 0.0584. The van der Waals surface area contributed by atoms with Crippen LogP contribution in [0.5, 0.6) is 0 Å². The second-order valence-corrected chi connectivity index (χ2v) is 5.08. The molecule has 1 aliphatic rings. The Hall–Kier alpha value is -1.88. The standard InChI is InChI=1S/C14H17NO4/c1-14(13(18)19,10-7-8-10)15-12(17)11(16)9-5-3-2-4-6-9/h2-6,10-11,16H,7-8H2,1H3,(H,15,17)(H,18,19). The lowest BCUT2D eigenvalue weighted by Gasteiger charge is -2.27. The predicted octanol–water partition coefficient (Wildman–Crippen LogP) is 1.09. The fourth-order valence-electron chi connectivity index (χ4n) is 2.10. The average Bonchev–Trinajstić information content (AvgIpc) is 3.23. The lowest BCUT2D eigenvalue weighted by Crippen LogP contribution is -2.55. The highest BCUT2D eigenvalue weighted by Gasteiger charge is 2.49. The number of benzene rings is 1. The highest BCUT2D eigenvalue weighted by molar-refractivity contribution is 5.89. The molecule has 0 saturated heterocycles. The molecular formula is C14H17NO4. The van der Waals surface area contributed by atoms with E-state index in [2.05, 4.69) is 5.32 Å². The Labute approximate surface area is 111 Å². The minimum Gasteiger partial charge on any atom is -0.480 e. The van der Waals surface area contributed by atoms with Crippen molar-refractivity contribution in [2.45, 2.75) is 31.4 Å². The monoisotopic (exact) mass is 263 g/mol. The SMILES string of the molecule is CC(NC(=O)C(O)c1ccccc1)(C(=O)O)C1CC1. The Bertz CT molecular complexity index is 483. The van der Waals surface area contributed by atoms with Crippen LogP contribution in [0, 0.1) is 5.92 Å². The van der Waals surface area contributed by atoms with Crippen LogP contribution >= 0.6 is 0 Å². The van der Waals surface area contributed by atoms with Crippen LogP contribution in [0.25, 0.3) is 0 Å². The third kappa shape index (κ3) is 2.76. The summed E-state index contributed by atoms with van der Waals surface area (Å²) < 4.78 is 0. The van der Waals surface area contributed by atoms with Crippen molar-refractivity contribution >= 4 is 11.9 Å². The maximum absolute atomic E-state index is 12.0. The molecule has 1 fully saturated rings. The second kappa shape index (κ2) is 5.01. The molecule has 19 heavy (non-hydrogen) atoms. The number of aliphatic carboxylic acids is 1. The zero-order valence-corrected chi connectivity index (χ0v) is 10.7. The molecule has 102 valence electrons. The van der Waals surface area contributed by atoms with Crippen molar-refractivity contribution < 1.29 is 19.8 Å². The maximum Gasteiger partial charge on any atom is 0.329 e. The Morgan fingerprint density at radius 2 is 1.89 bits per heavy atom. The van der Waals surface area contributed by atoms with Crippen LogP contribution < -0.4 is 5.32 Å². The first-order valence-corrected chi connectivity index (χ1v) is 6.23. The highest BCUT2D eigenvalue weighted by atomic mass is 16.4. The molecule has 0 heterocycles. The van der Waals surface area contributed by atoms with E-state index in [0.29, 0.717) is 5.56 Å². The van der Waals surface area contributed by atoms with Crippen LogP contribution in [0.1, 0.15) is 31.4 Å². The van der Waals surface area contributed by atoms with Crippen LogP contribution in [-0.4, -0.2) is 27.6 Å². The molecule has 0 aliphatic heterocycles. The molecule has 2 unspecified atom stereocenters. The van der Waals surface area contributed by atoms with Crippen LogP contribution in [0.3, 0.4) is 0 Å². The van der Waals surface area contributed by atoms with E-state index < -0.39 is 23.5 Å². The van der Waals surface area contributed by atoms with Gasteiger partial charge in [-0.2, -0.15) is 0 Å². The summed E-state index contributed by atoms with van der Waals surface area (Å²) in [6, 6.07) is 8.45. The van der Waals surface area contributed by atoms with Gasteiger partial charge in [-0.25, -0.2) is 4.79 Å². The van der Waals surface area contributed by atoms with Gasteiger partial charge in [0.05, 0.1) is 0 Å². The molecule has 0 radical (unpaired) electrons. The van der Waals surface area contributed by atoms with E-state index in [-0.39, 0.29) is 5.92 Å². The van der Waals surface area contributed by atoms with Crippen molar-refractivity contribution in [3.05, 3.63) is 35.9 Å². The van der Waals surface area contributed by atoms with Gasteiger partial charge in [-0.05, 0) is 31.2 Å². The van der Waals surface area contributed by atoms with E-state index in [0.717, 1.165) is 12.8 Å². The highest BCUT2D eigenvalue weighted by Crippen LogP contribution is 2.40. The van der Waals surface area contributed by atoms with Gasteiger partial charge in [0.2, 0.25) is 0 Å². The molecule has 0 spiro atoms.